The molecule has 5 heteroatoms. The van der Waals surface area contributed by atoms with E-state index in [1.807, 2.05) is 0 Å². The van der Waals surface area contributed by atoms with Crippen LogP contribution in [0.25, 0.3) is 0 Å². The van der Waals surface area contributed by atoms with E-state index in [4.69, 9.17) is 14.9 Å². The lowest BCUT2D eigenvalue weighted by atomic mass is 9.96. The summed E-state index contributed by atoms with van der Waals surface area (Å²) in [4.78, 5) is 11.5. The molecule has 21 heavy (non-hydrogen) atoms. The SMILES string of the molecule is CCCCCCC(CCCC)COC(=O)NCC(O)CO. The van der Waals surface area contributed by atoms with Gasteiger partial charge in [0.15, 0.2) is 0 Å². The van der Waals surface area contributed by atoms with Crippen LogP contribution in [0.4, 0.5) is 4.79 Å². The predicted octanol–water partition coefficient (Wildman–Crippen LogP) is 2.84. The van der Waals surface area contributed by atoms with Crippen molar-refractivity contribution in [3.05, 3.63) is 0 Å². The average Bonchev–Trinajstić information content (AvgIpc) is 2.50. The highest BCUT2D eigenvalue weighted by atomic mass is 16.5. The van der Waals surface area contributed by atoms with Gasteiger partial charge in [0.25, 0.3) is 0 Å². The number of alkyl carbamates (subject to hydrolysis) is 1. The predicted molar refractivity (Wildman–Crippen MR) is 84.2 cm³/mol. The van der Waals surface area contributed by atoms with E-state index in [2.05, 4.69) is 19.2 Å². The fourth-order valence-corrected chi connectivity index (χ4v) is 2.17. The second kappa shape index (κ2) is 14.1. The molecule has 3 N–H and O–H groups in total. The third-order valence-electron chi connectivity index (χ3n) is 3.57. The van der Waals surface area contributed by atoms with E-state index in [1.54, 1.807) is 0 Å². The molecule has 5 nitrogen and oxygen atoms in total. The maximum Gasteiger partial charge on any atom is 0.407 e. The second-order valence-electron chi connectivity index (χ2n) is 5.67. The van der Waals surface area contributed by atoms with Gasteiger partial charge in [0.2, 0.25) is 0 Å². The number of aliphatic hydroxyl groups excluding tert-OH is 2. The molecule has 0 saturated heterocycles. The number of aliphatic hydroxyl groups is 2. The van der Waals surface area contributed by atoms with Gasteiger partial charge in [-0.15, -0.1) is 0 Å². The minimum atomic E-state index is -0.928. The third-order valence-corrected chi connectivity index (χ3v) is 3.57. The molecule has 0 radical (unpaired) electrons. The van der Waals surface area contributed by atoms with Crippen molar-refractivity contribution in [1.82, 2.24) is 5.32 Å². The maximum absolute atomic E-state index is 11.5. The molecule has 2 unspecified atom stereocenters. The highest BCUT2D eigenvalue weighted by molar-refractivity contribution is 5.67. The van der Waals surface area contributed by atoms with Gasteiger partial charge in [-0.05, 0) is 18.8 Å². The van der Waals surface area contributed by atoms with Gasteiger partial charge in [0.1, 0.15) is 0 Å². The lowest BCUT2D eigenvalue weighted by Gasteiger charge is -2.17. The highest BCUT2D eigenvalue weighted by Crippen LogP contribution is 2.17. The van der Waals surface area contributed by atoms with Gasteiger partial charge in [-0.3, -0.25) is 0 Å². The van der Waals surface area contributed by atoms with E-state index in [0.29, 0.717) is 12.5 Å². The number of amides is 1. The Hall–Kier alpha value is -0.810. The molecule has 0 aromatic rings. The molecule has 0 heterocycles. The van der Waals surface area contributed by atoms with Gasteiger partial charge >= 0.3 is 6.09 Å². The second-order valence-corrected chi connectivity index (χ2v) is 5.67. The van der Waals surface area contributed by atoms with Gasteiger partial charge in [-0.2, -0.15) is 0 Å². The Morgan fingerprint density at radius 3 is 2.38 bits per heavy atom. The van der Waals surface area contributed by atoms with E-state index in [0.717, 1.165) is 25.7 Å². The monoisotopic (exact) mass is 303 g/mol. The Balaban J connectivity index is 3.89. The minimum Gasteiger partial charge on any atom is -0.449 e. The van der Waals surface area contributed by atoms with E-state index >= 15 is 0 Å². The molecule has 1 amide bonds. The summed E-state index contributed by atoms with van der Waals surface area (Å²) in [6.07, 6.45) is 7.99. The zero-order valence-corrected chi connectivity index (χ0v) is 13.6. The van der Waals surface area contributed by atoms with Crippen molar-refractivity contribution in [3.63, 3.8) is 0 Å². The fraction of sp³-hybridized carbons (Fsp3) is 0.938. The quantitative estimate of drug-likeness (QED) is 0.457. The number of ether oxygens (including phenoxy) is 1. The van der Waals surface area contributed by atoms with Crippen molar-refractivity contribution in [2.75, 3.05) is 19.8 Å². The first kappa shape index (κ1) is 20.2. The van der Waals surface area contributed by atoms with Crippen molar-refractivity contribution >= 4 is 6.09 Å². The molecule has 2 atom stereocenters. The summed E-state index contributed by atoms with van der Waals surface area (Å²) >= 11 is 0. The first-order valence-corrected chi connectivity index (χ1v) is 8.33. The van der Waals surface area contributed by atoms with Gasteiger partial charge in [0.05, 0.1) is 19.3 Å². The minimum absolute atomic E-state index is 0.0193. The van der Waals surface area contributed by atoms with Crippen molar-refractivity contribution < 1.29 is 19.7 Å². The van der Waals surface area contributed by atoms with Crippen molar-refractivity contribution in [1.29, 1.82) is 0 Å². The van der Waals surface area contributed by atoms with Crippen molar-refractivity contribution in [2.24, 2.45) is 5.92 Å². The Morgan fingerprint density at radius 2 is 1.76 bits per heavy atom. The molecule has 0 bridgehead atoms. The number of unbranched alkanes of at least 4 members (excludes halogenated alkanes) is 4. The molecular weight excluding hydrogens is 270 g/mol. The smallest absolute Gasteiger partial charge is 0.407 e. The number of carbonyl (C=O) groups excluding carboxylic acids is 1. The molecule has 0 aliphatic carbocycles. The molecule has 0 aliphatic heterocycles. The summed E-state index contributed by atoms with van der Waals surface area (Å²) in [5.74, 6) is 0.426. The molecule has 0 fully saturated rings. The van der Waals surface area contributed by atoms with Crippen LogP contribution < -0.4 is 5.32 Å². The molecule has 0 aliphatic rings. The number of hydrogen-bond acceptors (Lipinski definition) is 4. The van der Waals surface area contributed by atoms with E-state index in [-0.39, 0.29) is 13.2 Å². The van der Waals surface area contributed by atoms with Crippen LogP contribution in [0, 0.1) is 5.92 Å². The summed E-state index contributed by atoms with van der Waals surface area (Å²) < 4.78 is 5.21. The van der Waals surface area contributed by atoms with Crippen LogP contribution in [0.15, 0.2) is 0 Å². The maximum atomic E-state index is 11.5. The summed E-state index contributed by atoms with van der Waals surface area (Å²) in [7, 11) is 0. The Kier molecular flexibility index (Phi) is 13.6. The largest absolute Gasteiger partial charge is 0.449 e. The molecule has 0 rings (SSSR count). The van der Waals surface area contributed by atoms with Gasteiger partial charge in [-0.25, -0.2) is 4.79 Å². The van der Waals surface area contributed by atoms with Crippen LogP contribution in [0.3, 0.4) is 0 Å². The number of rotatable bonds is 13. The van der Waals surface area contributed by atoms with Crippen LogP contribution in [0.5, 0.6) is 0 Å². The van der Waals surface area contributed by atoms with Crippen LogP contribution >= 0.6 is 0 Å². The number of carbonyl (C=O) groups is 1. The van der Waals surface area contributed by atoms with E-state index in [9.17, 15) is 4.79 Å². The lowest BCUT2D eigenvalue weighted by Crippen LogP contribution is -2.35. The summed E-state index contributed by atoms with van der Waals surface area (Å²) in [5.41, 5.74) is 0. The summed E-state index contributed by atoms with van der Waals surface area (Å²) in [6, 6.07) is 0. The number of hydrogen-bond donors (Lipinski definition) is 3. The van der Waals surface area contributed by atoms with Crippen LogP contribution in [-0.4, -0.2) is 42.2 Å². The molecular formula is C16H33NO4. The molecule has 0 spiro atoms. The molecule has 0 aromatic heterocycles. The molecule has 0 aromatic carbocycles. The summed E-state index contributed by atoms with van der Waals surface area (Å²) in [5, 5.41) is 20.3. The average molecular weight is 303 g/mol. The Labute approximate surface area is 129 Å². The van der Waals surface area contributed by atoms with Crippen LogP contribution in [-0.2, 0) is 4.74 Å². The summed E-state index contributed by atoms with van der Waals surface area (Å²) in [6.45, 7) is 4.45. The first-order valence-electron chi connectivity index (χ1n) is 8.33. The van der Waals surface area contributed by atoms with E-state index in [1.165, 1.54) is 25.7 Å². The van der Waals surface area contributed by atoms with Crippen LogP contribution in [0.2, 0.25) is 0 Å². The normalized spacial score (nSPS) is 13.7. The molecule has 0 saturated carbocycles. The van der Waals surface area contributed by atoms with E-state index < -0.39 is 12.2 Å². The molecule has 126 valence electrons. The third kappa shape index (κ3) is 12.6. The van der Waals surface area contributed by atoms with Gasteiger partial charge in [-0.1, -0.05) is 52.4 Å². The standard InChI is InChI=1S/C16H33NO4/c1-3-5-7-8-10-14(9-6-4-2)13-21-16(20)17-11-15(19)12-18/h14-15,18-19H,3-13H2,1-2H3,(H,17,20). The highest BCUT2D eigenvalue weighted by Gasteiger charge is 2.12. The van der Waals surface area contributed by atoms with Crippen molar-refractivity contribution in [3.8, 4) is 0 Å². The first-order chi connectivity index (χ1) is 10.1. The van der Waals surface area contributed by atoms with Crippen molar-refractivity contribution in [2.45, 2.75) is 71.3 Å². The Morgan fingerprint density at radius 1 is 1.10 bits per heavy atom. The zero-order valence-electron chi connectivity index (χ0n) is 13.6. The topological polar surface area (TPSA) is 78.8 Å². The zero-order chi connectivity index (χ0) is 15.9. The Bertz CT molecular complexity index is 248. The van der Waals surface area contributed by atoms with Crippen LogP contribution in [0.1, 0.15) is 65.2 Å². The van der Waals surface area contributed by atoms with Gasteiger partial charge in [0, 0.05) is 6.54 Å². The number of nitrogens with one attached hydrogen (secondary N) is 1. The lowest BCUT2D eigenvalue weighted by molar-refractivity contribution is 0.0843. The fourth-order valence-electron chi connectivity index (χ4n) is 2.17. The van der Waals surface area contributed by atoms with Gasteiger partial charge < -0.3 is 20.3 Å².